The second-order valence-corrected chi connectivity index (χ2v) is 6.82. The molecule has 6 nitrogen and oxygen atoms in total. The lowest BCUT2D eigenvalue weighted by molar-refractivity contribution is 0.821. The van der Waals surface area contributed by atoms with Gasteiger partial charge in [0.15, 0.2) is 0 Å². The Morgan fingerprint density at radius 1 is 0.750 bits per heavy atom. The molecule has 0 radical (unpaired) electrons. The Kier molecular flexibility index (Phi) is 3.94. The van der Waals surface area contributed by atoms with Crippen molar-refractivity contribution >= 4 is 11.0 Å². The fourth-order valence-corrected chi connectivity index (χ4v) is 3.31. The molecule has 0 bridgehead atoms. The average Bonchev–Trinajstić information content (AvgIpc) is 3.11. The standard InChI is InChI=1S/C18H24N4O2/c1-7-11-19-13(9(3)4)15-18(24)22-12(8-2)20-14(10(5)6)16(22)17(23)21(11)15/h9-10H,7-8H2,1-6H3. The summed E-state index contributed by atoms with van der Waals surface area (Å²) in [5.74, 6) is 1.44. The van der Waals surface area contributed by atoms with Gasteiger partial charge in [-0.15, -0.1) is 0 Å². The van der Waals surface area contributed by atoms with Crippen molar-refractivity contribution in [1.29, 1.82) is 0 Å². The summed E-state index contributed by atoms with van der Waals surface area (Å²) in [6, 6.07) is 0. The lowest BCUT2D eigenvalue weighted by Gasteiger charge is -2.04. The van der Waals surface area contributed by atoms with Crippen molar-refractivity contribution in [2.24, 2.45) is 0 Å². The van der Waals surface area contributed by atoms with Gasteiger partial charge in [-0.1, -0.05) is 41.5 Å². The molecule has 3 heterocycles. The highest BCUT2D eigenvalue weighted by molar-refractivity contribution is 5.62. The molecular formula is C18H24N4O2. The summed E-state index contributed by atoms with van der Waals surface area (Å²) in [5, 5.41) is 0. The monoisotopic (exact) mass is 328 g/mol. The Bertz CT molecular complexity index is 943. The molecule has 3 rings (SSSR count). The topological polar surface area (TPSA) is 68.7 Å². The summed E-state index contributed by atoms with van der Waals surface area (Å²) in [4.78, 5) is 35.6. The van der Waals surface area contributed by atoms with Crippen LogP contribution >= 0.6 is 0 Å². The number of aromatic nitrogens is 4. The van der Waals surface area contributed by atoms with E-state index in [-0.39, 0.29) is 23.0 Å². The number of hydrogen-bond acceptors (Lipinski definition) is 4. The molecule has 0 saturated carbocycles. The summed E-state index contributed by atoms with van der Waals surface area (Å²) in [5.41, 5.74) is 1.83. The molecular weight excluding hydrogens is 304 g/mol. The largest absolute Gasteiger partial charge is 0.283 e. The van der Waals surface area contributed by atoms with Gasteiger partial charge in [0.2, 0.25) is 0 Å². The first kappa shape index (κ1) is 16.6. The van der Waals surface area contributed by atoms with Crippen LogP contribution in [0.4, 0.5) is 0 Å². The van der Waals surface area contributed by atoms with E-state index in [1.165, 1.54) is 8.80 Å². The molecule has 0 atom stereocenters. The second kappa shape index (κ2) is 5.69. The van der Waals surface area contributed by atoms with Crippen LogP contribution in [0.1, 0.15) is 76.4 Å². The third-order valence-corrected chi connectivity index (χ3v) is 4.49. The maximum absolute atomic E-state index is 13.2. The van der Waals surface area contributed by atoms with E-state index in [2.05, 4.69) is 9.97 Å². The summed E-state index contributed by atoms with van der Waals surface area (Å²) in [6.07, 6.45) is 1.20. The van der Waals surface area contributed by atoms with E-state index in [0.717, 1.165) is 0 Å². The molecule has 0 N–H and O–H groups in total. The van der Waals surface area contributed by atoms with Gasteiger partial charge in [0, 0.05) is 12.8 Å². The van der Waals surface area contributed by atoms with Crippen molar-refractivity contribution in [1.82, 2.24) is 18.8 Å². The summed E-state index contributed by atoms with van der Waals surface area (Å²) >= 11 is 0. The predicted molar refractivity (Wildman–Crippen MR) is 94.6 cm³/mol. The molecule has 0 unspecified atom stereocenters. The van der Waals surface area contributed by atoms with Gasteiger partial charge in [0.25, 0.3) is 11.1 Å². The third-order valence-electron chi connectivity index (χ3n) is 4.49. The summed E-state index contributed by atoms with van der Waals surface area (Å²) in [7, 11) is 0. The van der Waals surface area contributed by atoms with E-state index >= 15 is 0 Å². The van der Waals surface area contributed by atoms with E-state index in [4.69, 9.17) is 0 Å². The van der Waals surface area contributed by atoms with Gasteiger partial charge in [-0.2, -0.15) is 0 Å². The molecule has 3 aromatic rings. The molecule has 0 aliphatic heterocycles. The quantitative estimate of drug-likeness (QED) is 0.738. The molecule has 128 valence electrons. The van der Waals surface area contributed by atoms with Crippen molar-refractivity contribution in [3.63, 3.8) is 0 Å². The maximum Gasteiger partial charge on any atom is 0.283 e. The molecule has 6 heteroatoms. The average molecular weight is 328 g/mol. The van der Waals surface area contributed by atoms with Gasteiger partial charge >= 0.3 is 0 Å². The van der Waals surface area contributed by atoms with Gasteiger partial charge in [-0.05, 0) is 11.8 Å². The highest BCUT2D eigenvalue weighted by Crippen LogP contribution is 2.22. The molecule has 0 saturated heterocycles. The first-order valence-electron chi connectivity index (χ1n) is 8.65. The highest BCUT2D eigenvalue weighted by atomic mass is 16.1. The lowest BCUT2D eigenvalue weighted by Crippen LogP contribution is -2.28. The second-order valence-electron chi connectivity index (χ2n) is 6.82. The zero-order valence-electron chi connectivity index (χ0n) is 15.2. The molecule has 0 fully saturated rings. The van der Waals surface area contributed by atoms with Crippen molar-refractivity contribution in [2.45, 2.75) is 66.2 Å². The van der Waals surface area contributed by atoms with Crippen LogP contribution in [-0.4, -0.2) is 18.8 Å². The smallest absolute Gasteiger partial charge is 0.266 e. The van der Waals surface area contributed by atoms with Crippen LogP contribution in [0.3, 0.4) is 0 Å². The number of imidazole rings is 2. The normalized spacial score (nSPS) is 12.3. The van der Waals surface area contributed by atoms with Gasteiger partial charge < -0.3 is 0 Å². The van der Waals surface area contributed by atoms with Crippen LogP contribution in [0.2, 0.25) is 0 Å². The van der Waals surface area contributed by atoms with Gasteiger partial charge in [-0.25, -0.2) is 9.97 Å². The SMILES string of the molecule is CCc1nc(C(C)C)c2c(=O)n3c(CC)nc(C(C)C)c3c(=O)n12. The Morgan fingerprint density at radius 2 is 1.08 bits per heavy atom. The molecule has 0 aliphatic carbocycles. The Morgan fingerprint density at radius 3 is 1.33 bits per heavy atom. The number of nitrogens with zero attached hydrogens (tertiary/aromatic N) is 4. The summed E-state index contributed by atoms with van der Waals surface area (Å²) < 4.78 is 3.03. The minimum absolute atomic E-state index is 0.0722. The Labute approximate surface area is 140 Å². The molecule has 0 aliphatic rings. The van der Waals surface area contributed by atoms with E-state index < -0.39 is 0 Å². The number of fused-ring (bicyclic) bond motifs is 2. The fourth-order valence-electron chi connectivity index (χ4n) is 3.31. The Hall–Kier alpha value is -2.24. The summed E-state index contributed by atoms with van der Waals surface area (Å²) in [6.45, 7) is 11.9. The fraction of sp³-hybridized carbons (Fsp3) is 0.556. The third kappa shape index (κ3) is 2.08. The van der Waals surface area contributed by atoms with Gasteiger partial charge in [0.05, 0.1) is 11.4 Å². The molecule has 0 amide bonds. The number of hydrogen-bond donors (Lipinski definition) is 0. The Balaban J connectivity index is 2.67. The first-order chi connectivity index (χ1) is 11.3. The van der Waals surface area contributed by atoms with E-state index in [1.807, 2.05) is 41.5 Å². The maximum atomic E-state index is 13.2. The van der Waals surface area contributed by atoms with Gasteiger partial charge in [0.1, 0.15) is 22.7 Å². The molecule has 0 aromatic carbocycles. The van der Waals surface area contributed by atoms with Crippen LogP contribution in [0.25, 0.3) is 11.0 Å². The van der Waals surface area contributed by atoms with Crippen molar-refractivity contribution in [3.8, 4) is 0 Å². The molecule has 24 heavy (non-hydrogen) atoms. The van der Waals surface area contributed by atoms with E-state index in [9.17, 15) is 9.59 Å². The van der Waals surface area contributed by atoms with Crippen molar-refractivity contribution < 1.29 is 0 Å². The van der Waals surface area contributed by atoms with Gasteiger partial charge in [-0.3, -0.25) is 18.4 Å². The van der Waals surface area contributed by atoms with Crippen LogP contribution < -0.4 is 11.1 Å². The zero-order valence-corrected chi connectivity index (χ0v) is 15.2. The molecule has 0 spiro atoms. The number of aryl methyl sites for hydroxylation is 2. The minimum Gasteiger partial charge on any atom is -0.266 e. The van der Waals surface area contributed by atoms with Crippen molar-refractivity contribution in [2.75, 3.05) is 0 Å². The predicted octanol–water partition coefficient (Wildman–Crippen LogP) is 2.51. The van der Waals surface area contributed by atoms with Crippen LogP contribution in [0, 0.1) is 0 Å². The number of rotatable bonds is 4. The van der Waals surface area contributed by atoms with E-state index in [1.54, 1.807) is 0 Å². The van der Waals surface area contributed by atoms with Crippen LogP contribution in [0.5, 0.6) is 0 Å². The lowest BCUT2D eigenvalue weighted by atomic mass is 10.1. The van der Waals surface area contributed by atoms with Crippen LogP contribution in [-0.2, 0) is 12.8 Å². The minimum atomic E-state index is -0.184. The first-order valence-corrected chi connectivity index (χ1v) is 8.65. The van der Waals surface area contributed by atoms with Crippen LogP contribution in [0.15, 0.2) is 9.59 Å². The van der Waals surface area contributed by atoms with E-state index in [0.29, 0.717) is 46.9 Å². The highest BCUT2D eigenvalue weighted by Gasteiger charge is 2.25. The molecule has 3 aromatic heterocycles. The van der Waals surface area contributed by atoms with Crippen molar-refractivity contribution in [3.05, 3.63) is 43.7 Å². The zero-order chi connectivity index (χ0) is 17.8.